The first-order chi connectivity index (χ1) is 9.23. The number of thiocarbonyl (C=S) groups is 1. The molecule has 1 aliphatic heterocycles. The normalized spacial score (nSPS) is 16.1. The molecule has 0 aliphatic carbocycles. The number of carbonyl (C=O) groups is 1. The maximum Gasteiger partial charge on any atom is 0.421 e. The number of nitrogens with one attached hydrogen (secondary N) is 1. The van der Waals surface area contributed by atoms with Crippen LogP contribution in [0.15, 0.2) is 18.5 Å². The van der Waals surface area contributed by atoms with Gasteiger partial charge in [0.15, 0.2) is 5.82 Å². The summed E-state index contributed by atoms with van der Waals surface area (Å²) in [7, 11) is 0. The molecule has 2 rings (SSSR count). The lowest BCUT2D eigenvalue weighted by atomic mass is 10.00. The van der Waals surface area contributed by atoms with Crippen molar-refractivity contribution in [3.05, 3.63) is 18.5 Å². The van der Waals surface area contributed by atoms with Gasteiger partial charge in [0.25, 0.3) is 0 Å². The van der Waals surface area contributed by atoms with E-state index in [9.17, 15) is 4.79 Å². The van der Waals surface area contributed by atoms with Crippen molar-refractivity contribution in [2.24, 2.45) is 0 Å². The van der Waals surface area contributed by atoms with Crippen molar-refractivity contribution >= 4 is 40.8 Å². The number of hydrogen-bond donors (Lipinski definition) is 2. The second-order valence-corrected chi connectivity index (χ2v) is 5.29. The van der Waals surface area contributed by atoms with Crippen LogP contribution < -0.4 is 16.0 Å². The first-order valence-corrected chi connectivity index (χ1v) is 6.26. The summed E-state index contributed by atoms with van der Waals surface area (Å²) in [5, 5.41) is 2.99. The van der Waals surface area contributed by atoms with Gasteiger partial charge in [0.05, 0.1) is 17.5 Å². The Bertz CT molecular complexity index is 614. The zero-order valence-corrected chi connectivity index (χ0v) is 12.2. The van der Waals surface area contributed by atoms with Crippen LogP contribution in [-0.2, 0) is 4.74 Å². The Morgan fingerprint density at radius 1 is 1.60 bits per heavy atom. The third kappa shape index (κ3) is 2.29. The van der Waals surface area contributed by atoms with E-state index < -0.39 is 11.6 Å². The van der Waals surface area contributed by atoms with Crippen molar-refractivity contribution in [1.29, 1.82) is 0 Å². The van der Waals surface area contributed by atoms with E-state index in [0.717, 1.165) is 0 Å². The molecule has 0 bridgehead atoms. The molecule has 0 unspecified atom stereocenters. The molecule has 2 heterocycles. The fraction of sp³-hybridized carbons (Fsp3) is 0.333. The number of rotatable bonds is 1. The average molecular weight is 293 g/mol. The molecule has 1 aliphatic rings. The van der Waals surface area contributed by atoms with Crippen LogP contribution >= 0.6 is 12.2 Å². The van der Waals surface area contributed by atoms with Gasteiger partial charge in [0.2, 0.25) is 5.95 Å². The minimum atomic E-state index is -0.810. The van der Waals surface area contributed by atoms with Gasteiger partial charge in [-0.25, -0.2) is 14.7 Å². The van der Waals surface area contributed by atoms with Gasteiger partial charge in [0, 0.05) is 0 Å². The van der Waals surface area contributed by atoms with Crippen molar-refractivity contribution in [2.75, 3.05) is 16.0 Å². The number of hydrogen-bond acceptors (Lipinski definition) is 6. The number of fused-ring (bicyclic) bond motifs is 1. The molecule has 1 amide bonds. The number of ether oxygens (including phenoxy) is 1. The molecule has 0 saturated heterocycles. The van der Waals surface area contributed by atoms with E-state index in [4.69, 9.17) is 22.7 Å². The number of nitrogens with zero attached hydrogens (tertiary/aromatic N) is 3. The highest BCUT2D eigenvalue weighted by molar-refractivity contribution is 7.80. The quantitative estimate of drug-likeness (QED) is 0.604. The van der Waals surface area contributed by atoms with Gasteiger partial charge in [-0.05, 0) is 20.8 Å². The van der Waals surface area contributed by atoms with Crippen LogP contribution in [0.25, 0.3) is 0 Å². The average Bonchev–Trinajstić information content (AvgIpc) is 2.29. The highest BCUT2D eigenvalue weighted by atomic mass is 32.1. The van der Waals surface area contributed by atoms with Crippen molar-refractivity contribution in [1.82, 2.24) is 9.97 Å². The van der Waals surface area contributed by atoms with Crippen LogP contribution in [0.3, 0.4) is 0 Å². The summed E-state index contributed by atoms with van der Waals surface area (Å²) >= 11 is 5.29. The summed E-state index contributed by atoms with van der Waals surface area (Å²) < 4.78 is 5.07. The highest BCUT2D eigenvalue weighted by Gasteiger charge is 2.43. The number of aromatic nitrogens is 2. The Labute approximate surface area is 121 Å². The topological polar surface area (TPSA) is 93.4 Å². The minimum Gasteiger partial charge on any atom is -0.415 e. The SMILES string of the molecule is C=C(C)OC(=O)N1c2nc(N)ncc2NC(=S)C1(C)C. The predicted octanol–water partition coefficient (Wildman–Crippen LogP) is 2.07. The summed E-state index contributed by atoms with van der Waals surface area (Å²) in [5.74, 6) is 0.656. The lowest BCUT2D eigenvalue weighted by molar-refractivity contribution is 0.180. The fourth-order valence-corrected chi connectivity index (χ4v) is 2.00. The predicted molar refractivity (Wildman–Crippen MR) is 80.5 cm³/mol. The molecule has 0 fully saturated rings. The molecule has 0 radical (unpaired) electrons. The molecular formula is C12H15N5O2S. The van der Waals surface area contributed by atoms with Crippen LogP contribution in [0, 0.1) is 0 Å². The fourth-order valence-electron chi connectivity index (χ4n) is 1.80. The van der Waals surface area contributed by atoms with Crippen molar-refractivity contribution < 1.29 is 9.53 Å². The van der Waals surface area contributed by atoms with E-state index in [1.807, 2.05) is 0 Å². The Morgan fingerprint density at radius 2 is 2.25 bits per heavy atom. The molecule has 0 atom stereocenters. The largest absolute Gasteiger partial charge is 0.421 e. The molecule has 0 aromatic carbocycles. The number of allylic oxidation sites excluding steroid dienone is 1. The van der Waals surface area contributed by atoms with Crippen molar-refractivity contribution in [3.63, 3.8) is 0 Å². The van der Waals surface area contributed by atoms with Crippen LogP contribution in [-0.4, -0.2) is 26.6 Å². The summed E-state index contributed by atoms with van der Waals surface area (Å²) in [5.41, 5.74) is 5.28. The second-order valence-electron chi connectivity index (χ2n) is 4.88. The Balaban J connectivity index is 2.56. The number of anilines is 3. The van der Waals surface area contributed by atoms with Crippen molar-refractivity contribution in [2.45, 2.75) is 26.3 Å². The molecule has 20 heavy (non-hydrogen) atoms. The molecule has 1 aromatic rings. The number of carbonyl (C=O) groups excluding carboxylic acids is 1. The number of amides is 1. The molecule has 7 nitrogen and oxygen atoms in total. The van der Waals surface area contributed by atoms with Gasteiger partial charge in [-0.1, -0.05) is 18.8 Å². The summed E-state index contributed by atoms with van der Waals surface area (Å²) in [4.78, 5) is 22.1. The maximum absolute atomic E-state index is 12.3. The highest BCUT2D eigenvalue weighted by Crippen LogP contribution is 2.36. The zero-order valence-electron chi connectivity index (χ0n) is 11.4. The molecular weight excluding hydrogens is 278 g/mol. The molecule has 8 heteroatoms. The maximum atomic E-state index is 12.3. The third-order valence-electron chi connectivity index (χ3n) is 2.81. The lowest BCUT2D eigenvalue weighted by Gasteiger charge is -2.41. The smallest absolute Gasteiger partial charge is 0.415 e. The summed E-state index contributed by atoms with van der Waals surface area (Å²) in [6.07, 6.45) is 0.853. The lowest BCUT2D eigenvalue weighted by Crippen LogP contribution is -2.58. The third-order valence-corrected chi connectivity index (χ3v) is 3.41. The monoisotopic (exact) mass is 293 g/mol. The van der Waals surface area contributed by atoms with E-state index in [-0.39, 0.29) is 11.7 Å². The molecule has 106 valence electrons. The molecule has 0 saturated carbocycles. The molecule has 3 N–H and O–H groups in total. The van der Waals surface area contributed by atoms with Crippen LogP contribution in [0.2, 0.25) is 0 Å². The first kappa shape index (κ1) is 14.2. The van der Waals surface area contributed by atoms with Gasteiger partial charge in [-0.15, -0.1) is 0 Å². The van der Waals surface area contributed by atoms with E-state index in [1.165, 1.54) is 11.1 Å². The molecule has 0 spiro atoms. The van der Waals surface area contributed by atoms with Gasteiger partial charge < -0.3 is 15.8 Å². The van der Waals surface area contributed by atoms with Crippen molar-refractivity contribution in [3.8, 4) is 0 Å². The van der Waals surface area contributed by atoms with Crippen LogP contribution in [0.4, 0.5) is 22.2 Å². The van der Waals surface area contributed by atoms with Gasteiger partial charge in [-0.2, -0.15) is 4.98 Å². The standard InChI is InChI=1S/C12H15N5O2S/c1-6(2)19-11(18)17-8-7(5-14-10(13)16-8)15-9(20)12(17,3)4/h5H,1H2,2-4H3,(H,15,20)(H2,13,14,16). The second kappa shape index (κ2) is 4.71. The Hall–Kier alpha value is -2.22. The Kier molecular flexibility index (Phi) is 3.34. The van der Waals surface area contributed by atoms with Gasteiger partial charge in [-0.3, -0.25) is 0 Å². The summed E-state index contributed by atoms with van der Waals surface area (Å²) in [6.45, 7) is 8.70. The van der Waals surface area contributed by atoms with Crippen LogP contribution in [0.1, 0.15) is 20.8 Å². The Morgan fingerprint density at radius 3 is 2.85 bits per heavy atom. The first-order valence-electron chi connectivity index (χ1n) is 5.85. The number of nitrogen functional groups attached to an aromatic ring is 1. The van der Waals surface area contributed by atoms with Crippen LogP contribution in [0.5, 0.6) is 0 Å². The van der Waals surface area contributed by atoms with E-state index in [0.29, 0.717) is 16.5 Å². The van der Waals surface area contributed by atoms with Gasteiger partial charge in [0.1, 0.15) is 10.7 Å². The number of nitrogens with two attached hydrogens (primary N) is 1. The van der Waals surface area contributed by atoms with E-state index >= 15 is 0 Å². The summed E-state index contributed by atoms with van der Waals surface area (Å²) in [6, 6.07) is 0. The minimum absolute atomic E-state index is 0.0577. The van der Waals surface area contributed by atoms with Gasteiger partial charge >= 0.3 is 6.09 Å². The van der Waals surface area contributed by atoms with E-state index in [2.05, 4.69) is 21.9 Å². The molecule has 1 aromatic heterocycles. The van der Waals surface area contributed by atoms with E-state index in [1.54, 1.807) is 20.8 Å². The zero-order chi connectivity index (χ0) is 15.1.